The molecule has 0 aliphatic carbocycles. The second-order valence-electron chi connectivity index (χ2n) is 9.04. The summed E-state index contributed by atoms with van der Waals surface area (Å²) in [4.78, 5) is 33.0. The number of esters is 2. The molecular formula is C35H34O7. The fraction of sp³-hybridized carbons (Fsp3) is 0.171. The van der Waals surface area contributed by atoms with Crippen LogP contribution in [0.25, 0.3) is 16.8 Å². The molecule has 0 aliphatic heterocycles. The van der Waals surface area contributed by atoms with Gasteiger partial charge in [-0.2, -0.15) is 4.89 Å². The monoisotopic (exact) mass is 566 g/mol. The van der Waals surface area contributed by atoms with Gasteiger partial charge >= 0.3 is 11.9 Å². The molecule has 0 heterocycles. The third kappa shape index (κ3) is 10.1. The minimum atomic E-state index is -0.389. The van der Waals surface area contributed by atoms with E-state index < -0.39 is 0 Å². The Balaban J connectivity index is 0.000000337. The van der Waals surface area contributed by atoms with E-state index in [1.54, 1.807) is 48.5 Å². The molecule has 4 aromatic carbocycles. The normalized spacial score (nSPS) is 9.95. The standard InChI is InChI=1S/C25H24O5.C10H10O2/c1-3-14-28-29-16-5-4-15-27-23-10-12-24(13-11-23)30-25(26)22-9-8-20-17-19(2)6-7-21(20)18-22;1-3-8-4-6-9(7-5-8)10(11)12-2/h6-14,17-18H,1,4-5,15-16H2,2H3;3-7H,1H2,2H3. The van der Waals surface area contributed by atoms with Crippen molar-refractivity contribution in [3.63, 3.8) is 0 Å². The summed E-state index contributed by atoms with van der Waals surface area (Å²) in [7, 11) is 1.36. The lowest BCUT2D eigenvalue weighted by Gasteiger charge is -2.08. The van der Waals surface area contributed by atoms with Crippen molar-refractivity contribution in [3.05, 3.63) is 132 Å². The van der Waals surface area contributed by atoms with Gasteiger partial charge in [0.15, 0.2) is 6.26 Å². The molecule has 0 unspecified atom stereocenters. The molecule has 0 saturated carbocycles. The lowest BCUT2D eigenvalue weighted by atomic mass is 10.0. The molecule has 4 rings (SSSR count). The molecule has 0 saturated heterocycles. The summed E-state index contributed by atoms with van der Waals surface area (Å²) < 4.78 is 15.7. The summed E-state index contributed by atoms with van der Waals surface area (Å²) >= 11 is 0. The van der Waals surface area contributed by atoms with Crippen LogP contribution in [-0.2, 0) is 14.5 Å². The van der Waals surface area contributed by atoms with Crippen LogP contribution in [0.3, 0.4) is 0 Å². The summed E-state index contributed by atoms with van der Waals surface area (Å²) in [5, 5.41) is 2.11. The van der Waals surface area contributed by atoms with Crippen molar-refractivity contribution < 1.29 is 33.6 Å². The lowest BCUT2D eigenvalue weighted by molar-refractivity contribution is -0.249. The van der Waals surface area contributed by atoms with E-state index in [-0.39, 0.29) is 11.9 Å². The highest BCUT2D eigenvalue weighted by molar-refractivity contribution is 5.96. The number of rotatable bonds is 12. The fourth-order valence-corrected chi connectivity index (χ4v) is 3.70. The molecule has 0 aliphatic rings. The minimum absolute atomic E-state index is 0.314. The van der Waals surface area contributed by atoms with Crippen molar-refractivity contribution in [3.8, 4) is 11.5 Å². The Morgan fingerprint density at radius 3 is 2.12 bits per heavy atom. The van der Waals surface area contributed by atoms with Gasteiger partial charge in [0.05, 0.1) is 31.5 Å². The molecule has 0 N–H and O–H groups in total. The van der Waals surface area contributed by atoms with Crippen LogP contribution in [0.15, 0.2) is 110 Å². The predicted molar refractivity (Wildman–Crippen MR) is 163 cm³/mol. The van der Waals surface area contributed by atoms with Crippen LogP contribution in [0.2, 0.25) is 0 Å². The van der Waals surface area contributed by atoms with Crippen LogP contribution < -0.4 is 9.47 Å². The predicted octanol–water partition coefficient (Wildman–Crippen LogP) is 7.89. The topological polar surface area (TPSA) is 80.3 Å². The number of fused-ring (bicyclic) bond motifs is 1. The van der Waals surface area contributed by atoms with Gasteiger partial charge in [0.2, 0.25) is 0 Å². The molecule has 0 radical (unpaired) electrons. The zero-order chi connectivity index (χ0) is 30.2. The van der Waals surface area contributed by atoms with Gasteiger partial charge in [-0.05, 0) is 84.6 Å². The van der Waals surface area contributed by atoms with Crippen LogP contribution in [0.4, 0.5) is 0 Å². The summed E-state index contributed by atoms with van der Waals surface area (Å²) in [5.41, 5.74) is 5.69. The molecule has 0 bridgehead atoms. The van der Waals surface area contributed by atoms with Crippen molar-refractivity contribution in [1.29, 1.82) is 0 Å². The largest absolute Gasteiger partial charge is 0.494 e. The highest BCUT2D eigenvalue weighted by atomic mass is 17.2. The van der Waals surface area contributed by atoms with E-state index in [2.05, 4.69) is 34.6 Å². The maximum atomic E-state index is 12.5. The Labute approximate surface area is 246 Å². The number of benzene rings is 4. The van der Waals surface area contributed by atoms with Crippen molar-refractivity contribution in [1.82, 2.24) is 0 Å². The first-order valence-electron chi connectivity index (χ1n) is 13.3. The van der Waals surface area contributed by atoms with Crippen LogP contribution in [0.5, 0.6) is 11.5 Å². The quantitative estimate of drug-likeness (QED) is 0.0328. The van der Waals surface area contributed by atoms with E-state index in [4.69, 9.17) is 14.4 Å². The Hall–Kier alpha value is -5.10. The molecule has 0 atom stereocenters. The number of carbonyl (C=O) groups excluding carboxylic acids is 2. The first-order valence-corrected chi connectivity index (χ1v) is 13.3. The van der Waals surface area contributed by atoms with E-state index >= 15 is 0 Å². The summed E-state index contributed by atoms with van der Waals surface area (Å²) in [5.74, 6) is 0.477. The maximum absolute atomic E-state index is 12.5. The lowest BCUT2D eigenvalue weighted by Crippen LogP contribution is -2.08. The molecule has 0 amide bonds. The number of hydrogen-bond acceptors (Lipinski definition) is 7. The number of hydrogen-bond donors (Lipinski definition) is 0. The van der Waals surface area contributed by atoms with Gasteiger partial charge in [-0.25, -0.2) is 9.59 Å². The minimum Gasteiger partial charge on any atom is -0.494 e. The van der Waals surface area contributed by atoms with Crippen LogP contribution in [-0.4, -0.2) is 32.3 Å². The number of unbranched alkanes of at least 4 members (excludes halogenated alkanes) is 1. The van der Waals surface area contributed by atoms with E-state index in [9.17, 15) is 9.59 Å². The molecule has 0 spiro atoms. The fourth-order valence-electron chi connectivity index (χ4n) is 3.70. The van der Waals surface area contributed by atoms with Gasteiger partial charge in [0, 0.05) is 0 Å². The summed E-state index contributed by atoms with van der Waals surface area (Å²) in [6, 6.07) is 25.7. The molecule has 42 heavy (non-hydrogen) atoms. The van der Waals surface area contributed by atoms with Gasteiger partial charge in [0.1, 0.15) is 11.5 Å². The second-order valence-corrected chi connectivity index (χ2v) is 9.04. The first-order chi connectivity index (χ1) is 20.4. The Morgan fingerprint density at radius 2 is 1.43 bits per heavy atom. The van der Waals surface area contributed by atoms with Gasteiger partial charge in [0.25, 0.3) is 0 Å². The number of aryl methyl sites for hydroxylation is 1. The Bertz CT molecular complexity index is 1520. The van der Waals surface area contributed by atoms with Crippen LogP contribution in [0.1, 0.15) is 44.7 Å². The maximum Gasteiger partial charge on any atom is 0.343 e. The molecule has 0 aromatic heterocycles. The number of methoxy groups -OCH3 is 1. The van der Waals surface area contributed by atoms with Crippen LogP contribution >= 0.6 is 0 Å². The van der Waals surface area contributed by atoms with Gasteiger partial charge < -0.3 is 19.1 Å². The average molecular weight is 567 g/mol. The summed E-state index contributed by atoms with van der Waals surface area (Å²) in [6.45, 7) is 10.0. The molecular weight excluding hydrogens is 532 g/mol. The zero-order valence-corrected chi connectivity index (χ0v) is 23.8. The summed E-state index contributed by atoms with van der Waals surface area (Å²) in [6.07, 6.45) is 4.60. The first kappa shape index (κ1) is 31.4. The molecule has 7 heteroatoms. The molecule has 216 valence electrons. The number of carbonyl (C=O) groups is 2. The Kier molecular flexibility index (Phi) is 12.6. The Morgan fingerprint density at radius 1 is 0.786 bits per heavy atom. The second kappa shape index (κ2) is 16.9. The van der Waals surface area contributed by atoms with Crippen molar-refractivity contribution in [2.45, 2.75) is 19.8 Å². The van der Waals surface area contributed by atoms with E-state index in [1.165, 1.54) is 18.9 Å². The van der Waals surface area contributed by atoms with Crippen molar-refractivity contribution in [2.75, 3.05) is 20.3 Å². The van der Waals surface area contributed by atoms with E-state index in [1.807, 2.05) is 43.3 Å². The molecule has 7 nitrogen and oxygen atoms in total. The third-order valence-corrected chi connectivity index (χ3v) is 5.92. The van der Waals surface area contributed by atoms with Gasteiger partial charge in [-0.15, -0.1) is 0 Å². The van der Waals surface area contributed by atoms with Crippen molar-refractivity contribution >= 4 is 28.8 Å². The van der Waals surface area contributed by atoms with Gasteiger partial charge in [-0.3, -0.25) is 0 Å². The van der Waals surface area contributed by atoms with E-state index in [0.717, 1.165) is 29.2 Å². The SMILES string of the molecule is C=C=COOCCCCOc1ccc(OC(=O)c2ccc3cc(C)ccc3c2)cc1.C=Cc1ccc(C(=O)OC)cc1. The van der Waals surface area contributed by atoms with Crippen LogP contribution in [0, 0.1) is 6.92 Å². The van der Waals surface area contributed by atoms with Gasteiger partial charge in [-0.1, -0.05) is 66.9 Å². The zero-order valence-electron chi connectivity index (χ0n) is 23.8. The van der Waals surface area contributed by atoms with E-state index in [0.29, 0.717) is 35.8 Å². The molecule has 4 aromatic rings. The number of ether oxygens (including phenoxy) is 3. The smallest absolute Gasteiger partial charge is 0.343 e. The molecule has 0 fully saturated rings. The highest BCUT2D eigenvalue weighted by Crippen LogP contribution is 2.21. The third-order valence-electron chi connectivity index (χ3n) is 5.92. The average Bonchev–Trinajstić information content (AvgIpc) is 3.02. The van der Waals surface area contributed by atoms with Crippen molar-refractivity contribution in [2.24, 2.45) is 0 Å². The highest BCUT2D eigenvalue weighted by Gasteiger charge is 2.10.